The molecule has 1 N–H and O–H groups in total. The molecule has 0 saturated carbocycles. The number of carbonyl (C=O) groups excluding carboxylic acids is 1. The second-order valence-electron chi connectivity index (χ2n) is 6.22. The Morgan fingerprint density at radius 3 is 2.32 bits per heavy atom. The fourth-order valence-electron chi connectivity index (χ4n) is 2.76. The molecule has 152 valence electrons. The topological polar surface area (TPSA) is 84.9 Å². The molecular formula is C19H23ClN2O5S. The van der Waals surface area contributed by atoms with E-state index in [1.165, 1.54) is 27.2 Å². The normalized spacial score (nSPS) is 12.2. The lowest BCUT2D eigenvalue weighted by Crippen LogP contribution is -2.45. The number of halogens is 1. The number of sulfonamides is 1. The average molecular weight is 427 g/mol. The number of benzene rings is 2. The standard InChI is InChI=1S/C19H23ClN2O5S/c1-12-6-7-14(20)10-16(12)22(28(5,24)25)13(2)19(23)21-15-8-9-17(26-3)18(11-15)27-4/h6-11,13H,1-5H3,(H,21,23)/t13-/m0/s1. The third kappa shape index (κ3) is 4.88. The minimum absolute atomic E-state index is 0.352. The quantitative estimate of drug-likeness (QED) is 0.732. The highest BCUT2D eigenvalue weighted by molar-refractivity contribution is 7.92. The van der Waals surface area contributed by atoms with Gasteiger partial charge in [0.25, 0.3) is 0 Å². The van der Waals surface area contributed by atoms with E-state index in [0.29, 0.717) is 33.5 Å². The van der Waals surface area contributed by atoms with E-state index in [4.69, 9.17) is 21.1 Å². The maximum Gasteiger partial charge on any atom is 0.247 e. The van der Waals surface area contributed by atoms with Gasteiger partial charge in [0.2, 0.25) is 15.9 Å². The van der Waals surface area contributed by atoms with Crippen molar-refractivity contribution in [3.63, 3.8) is 0 Å². The van der Waals surface area contributed by atoms with Gasteiger partial charge in [-0.1, -0.05) is 17.7 Å². The molecule has 2 rings (SSSR count). The summed E-state index contributed by atoms with van der Waals surface area (Å²) in [7, 11) is -0.753. The Morgan fingerprint density at radius 2 is 1.75 bits per heavy atom. The summed E-state index contributed by atoms with van der Waals surface area (Å²) >= 11 is 6.04. The fraction of sp³-hybridized carbons (Fsp3) is 0.316. The number of carbonyl (C=O) groups is 1. The van der Waals surface area contributed by atoms with E-state index in [-0.39, 0.29) is 0 Å². The number of hydrogen-bond donors (Lipinski definition) is 1. The van der Waals surface area contributed by atoms with Crippen LogP contribution in [0.5, 0.6) is 11.5 Å². The fourth-order valence-corrected chi connectivity index (χ4v) is 4.15. The molecule has 9 heteroatoms. The van der Waals surface area contributed by atoms with Gasteiger partial charge in [0.1, 0.15) is 6.04 Å². The van der Waals surface area contributed by atoms with Gasteiger partial charge in [-0.3, -0.25) is 9.10 Å². The first-order valence-corrected chi connectivity index (χ1v) is 10.6. The number of rotatable bonds is 7. The van der Waals surface area contributed by atoms with E-state index in [1.54, 1.807) is 37.3 Å². The number of amides is 1. The Hall–Kier alpha value is -2.45. The van der Waals surface area contributed by atoms with Crippen molar-refractivity contribution >= 4 is 38.9 Å². The van der Waals surface area contributed by atoms with Crippen LogP contribution in [-0.4, -0.2) is 40.8 Å². The number of methoxy groups -OCH3 is 2. The highest BCUT2D eigenvalue weighted by atomic mass is 35.5. The van der Waals surface area contributed by atoms with Crippen molar-refractivity contribution in [1.29, 1.82) is 0 Å². The van der Waals surface area contributed by atoms with Gasteiger partial charge in [0, 0.05) is 16.8 Å². The minimum atomic E-state index is -3.75. The molecule has 28 heavy (non-hydrogen) atoms. The first-order valence-electron chi connectivity index (χ1n) is 8.37. The molecule has 0 fully saturated rings. The van der Waals surface area contributed by atoms with Gasteiger partial charge in [-0.2, -0.15) is 0 Å². The summed E-state index contributed by atoms with van der Waals surface area (Å²) in [6.07, 6.45) is 1.05. The molecule has 0 bridgehead atoms. The zero-order chi connectivity index (χ0) is 21.1. The summed E-state index contributed by atoms with van der Waals surface area (Å²) < 4.78 is 36.3. The summed E-state index contributed by atoms with van der Waals surface area (Å²) in [5, 5.41) is 3.09. The van der Waals surface area contributed by atoms with Crippen molar-refractivity contribution in [3.8, 4) is 11.5 Å². The van der Waals surface area contributed by atoms with Crippen molar-refractivity contribution < 1.29 is 22.7 Å². The molecule has 0 saturated heterocycles. The number of hydrogen-bond acceptors (Lipinski definition) is 5. The predicted octanol–water partition coefficient (Wildman–Crippen LogP) is 3.46. The average Bonchev–Trinajstić information content (AvgIpc) is 2.63. The number of nitrogens with zero attached hydrogens (tertiary/aromatic N) is 1. The predicted molar refractivity (Wildman–Crippen MR) is 111 cm³/mol. The summed E-state index contributed by atoms with van der Waals surface area (Å²) in [5.74, 6) is 0.455. The highest BCUT2D eigenvalue weighted by Crippen LogP contribution is 2.31. The minimum Gasteiger partial charge on any atom is -0.493 e. The SMILES string of the molecule is COc1ccc(NC(=O)[C@H](C)N(c2cc(Cl)ccc2C)S(C)(=O)=O)cc1OC. The van der Waals surface area contributed by atoms with E-state index in [0.717, 1.165) is 10.6 Å². The number of aryl methyl sites for hydroxylation is 1. The molecule has 0 aliphatic heterocycles. The smallest absolute Gasteiger partial charge is 0.247 e. The van der Waals surface area contributed by atoms with Crippen LogP contribution < -0.4 is 19.1 Å². The van der Waals surface area contributed by atoms with E-state index in [9.17, 15) is 13.2 Å². The van der Waals surface area contributed by atoms with E-state index in [1.807, 2.05) is 0 Å². The largest absolute Gasteiger partial charge is 0.493 e. The zero-order valence-corrected chi connectivity index (χ0v) is 17.9. The van der Waals surface area contributed by atoms with Crippen LogP contribution in [0.4, 0.5) is 11.4 Å². The van der Waals surface area contributed by atoms with Gasteiger partial charge in [-0.15, -0.1) is 0 Å². The summed E-state index contributed by atoms with van der Waals surface area (Å²) in [4.78, 5) is 12.8. The van der Waals surface area contributed by atoms with Gasteiger partial charge < -0.3 is 14.8 Å². The summed E-state index contributed by atoms with van der Waals surface area (Å²) in [5.41, 5.74) is 1.48. The first-order chi connectivity index (χ1) is 13.1. The maximum atomic E-state index is 12.8. The molecule has 0 heterocycles. The molecule has 0 unspecified atom stereocenters. The molecule has 2 aromatic carbocycles. The van der Waals surface area contributed by atoms with E-state index < -0.39 is 22.0 Å². The Kier molecular flexibility index (Phi) is 6.79. The lowest BCUT2D eigenvalue weighted by atomic mass is 10.1. The molecule has 0 aliphatic carbocycles. The second kappa shape index (κ2) is 8.70. The van der Waals surface area contributed by atoms with Gasteiger partial charge in [0.05, 0.1) is 26.2 Å². The van der Waals surface area contributed by atoms with Crippen molar-refractivity contribution in [2.75, 3.05) is 30.1 Å². The number of anilines is 2. The van der Waals surface area contributed by atoms with Crippen LogP contribution >= 0.6 is 11.6 Å². The van der Waals surface area contributed by atoms with Gasteiger partial charge in [-0.05, 0) is 43.7 Å². The van der Waals surface area contributed by atoms with Crippen LogP contribution in [-0.2, 0) is 14.8 Å². The zero-order valence-electron chi connectivity index (χ0n) is 16.3. The van der Waals surface area contributed by atoms with Gasteiger partial charge in [0.15, 0.2) is 11.5 Å². The van der Waals surface area contributed by atoms with Crippen LogP contribution in [0.1, 0.15) is 12.5 Å². The Balaban J connectivity index is 2.36. The number of ether oxygens (including phenoxy) is 2. The van der Waals surface area contributed by atoms with Crippen molar-refractivity contribution in [2.24, 2.45) is 0 Å². The third-order valence-electron chi connectivity index (χ3n) is 4.15. The lowest BCUT2D eigenvalue weighted by molar-refractivity contribution is -0.116. The lowest BCUT2D eigenvalue weighted by Gasteiger charge is -2.29. The van der Waals surface area contributed by atoms with E-state index >= 15 is 0 Å². The summed E-state index contributed by atoms with van der Waals surface area (Å²) in [6.45, 7) is 3.26. The van der Waals surface area contributed by atoms with Crippen LogP contribution in [0.3, 0.4) is 0 Å². The molecule has 0 spiro atoms. The monoisotopic (exact) mass is 426 g/mol. The van der Waals surface area contributed by atoms with Gasteiger partial charge in [-0.25, -0.2) is 8.42 Å². The molecule has 0 radical (unpaired) electrons. The Bertz CT molecular complexity index is 978. The Morgan fingerprint density at radius 1 is 1.11 bits per heavy atom. The first kappa shape index (κ1) is 21.8. The van der Waals surface area contributed by atoms with Crippen LogP contribution in [0.2, 0.25) is 5.02 Å². The molecule has 1 amide bonds. The van der Waals surface area contributed by atoms with Crippen LogP contribution in [0.25, 0.3) is 0 Å². The number of nitrogens with one attached hydrogen (secondary N) is 1. The van der Waals surface area contributed by atoms with Crippen LogP contribution in [0, 0.1) is 6.92 Å². The second-order valence-corrected chi connectivity index (χ2v) is 8.52. The molecule has 0 aliphatic rings. The Labute approximate surface area is 170 Å². The van der Waals surface area contributed by atoms with Crippen molar-refractivity contribution in [1.82, 2.24) is 0 Å². The highest BCUT2D eigenvalue weighted by Gasteiger charge is 2.30. The molecule has 7 nitrogen and oxygen atoms in total. The van der Waals surface area contributed by atoms with Crippen molar-refractivity contribution in [2.45, 2.75) is 19.9 Å². The van der Waals surface area contributed by atoms with E-state index in [2.05, 4.69) is 5.32 Å². The molecule has 0 aromatic heterocycles. The molecular weight excluding hydrogens is 404 g/mol. The third-order valence-corrected chi connectivity index (χ3v) is 5.61. The molecule has 1 atom stereocenters. The van der Waals surface area contributed by atoms with Crippen LogP contribution in [0.15, 0.2) is 36.4 Å². The van der Waals surface area contributed by atoms with Gasteiger partial charge >= 0.3 is 0 Å². The maximum absolute atomic E-state index is 12.8. The molecule has 2 aromatic rings. The summed E-state index contributed by atoms with van der Waals surface area (Å²) in [6, 6.07) is 8.76. The van der Waals surface area contributed by atoms with Crippen molar-refractivity contribution in [3.05, 3.63) is 47.0 Å².